The Hall–Kier alpha value is -6.25. The molecule has 0 bridgehead atoms. The molecule has 6 aromatic rings. The highest BCUT2D eigenvalue weighted by Crippen LogP contribution is 2.24. The number of ketones is 1. The third-order valence-corrected chi connectivity index (χ3v) is 6.85. The molecule has 4 heterocycles. The molecule has 0 radical (unpaired) electrons. The lowest BCUT2D eigenvalue weighted by Crippen LogP contribution is -2.11. The number of hydrogen-bond acceptors (Lipinski definition) is 8. The number of aromatic nitrogens is 8. The summed E-state index contributed by atoms with van der Waals surface area (Å²) in [6, 6.07) is 15.8. The number of rotatable bonds is 8. The molecule has 0 amide bonds. The van der Waals surface area contributed by atoms with E-state index in [-0.39, 0.29) is 11.3 Å². The number of benzene rings is 2. The van der Waals surface area contributed by atoms with Gasteiger partial charge in [-0.3, -0.25) is 14.2 Å². The van der Waals surface area contributed by atoms with Gasteiger partial charge in [-0.05, 0) is 62.4 Å². The average Bonchev–Trinajstić information content (AvgIpc) is 3.86. The van der Waals surface area contributed by atoms with Crippen LogP contribution in [0.5, 0.6) is 0 Å². The minimum absolute atomic E-state index is 0.244. The van der Waals surface area contributed by atoms with Crippen LogP contribution in [-0.2, 0) is 13.1 Å². The molecule has 1 atom stereocenters. The van der Waals surface area contributed by atoms with Gasteiger partial charge in [-0.1, -0.05) is 0 Å². The van der Waals surface area contributed by atoms with E-state index >= 15 is 0 Å². The number of nitrogens with zero attached hydrogens (tertiary/aromatic N) is 10. The van der Waals surface area contributed by atoms with Crippen molar-refractivity contribution >= 4 is 5.78 Å². The molecular formula is C32H26F2N10O2. The van der Waals surface area contributed by atoms with Gasteiger partial charge in [0.1, 0.15) is 23.8 Å². The molecule has 2 aromatic carbocycles. The van der Waals surface area contributed by atoms with Crippen molar-refractivity contribution in [2.75, 3.05) is 0 Å². The van der Waals surface area contributed by atoms with Crippen LogP contribution >= 0.6 is 0 Å². The fraction of sp³-hybridized carbons (Fsp3) is 0.156. The number of carbonyl (C=O) groups is 1. The van der Waals surface area contributed by atoms with Crippen molar-refractivity contribution in [3.8, 4) is 23.5 Å². The standard InChI is InChI=1S/C16H14FN5O.C16H12FN5O/c2*1-11(23)15-6-13(17)2-3-16(15)22-14(4-5-19-22)10-21-9-12(7-18)8-20-21/h2-6,8-9,11,23H,10H2,1H3;2-6,8-9H,10H2,1H3. The predicted molar refractivity (Wildman–Crippen MR) is 160 cm³/mol. The van der Waals surface area contributed by atoms with E-state index in [0.29, 0.717) is 41.2 Å². The number of carbonyl (C=O) groups excluding carboxylic acids is 1. The first-order valence-electron chi connectivity index (χ1n) is 13.9. The fourth-order valence-electron chi connectivity index (χ4n) is 4.71. The van der Waals surface area contributed by atoms with Gasteiger partial charge < -0.3 is 5.11 Å². The lowest BCUT2D eigenvalue weighted by molar-refractivity contribution is 0.101. The smallest absolute Gasteiger partial charge is 0.162 e. The normalized spacial score (nSPS) is 11.3. The second-order valence-electron chi connectivity index (χ2n) is 10.1. The largest absolute Gasteiger partial charge is 0.389 e. The molecule has 0 aliphatic heterocycles. The molecule has 46 heavy (non-hydrogen) atoms. The summed E-state index contributed by atoms with van der Waals surface area (Å²) in [6.07, 6.45) is 8.61. The van der Waals surface area contributed by atoms with Crippen LogP contribution in [0.2, 0.25) is 0 Å². The van der Waals surface area contributed by atoms with Gasteiger partial charge in [0.25, 0.3) is 0 Å². The molecule has 4 aromatic heterocycles. The predicted octanol–water partition coefficient (Wildman–Crippen LogP) is 4.51. The Morgan fingerprint density at radius 3 is 1.78 bits per heavy atom. The van der Waals surface area contributed by atoms with Crippen molar-refractivity contribution in [1.82, 2.24) is 39.1 Å². The summed E-state index contributed by atoms with van der Waals surface area (Å²) in [5, 5.41) is 44.3. The number of halogens is 2. The minimum Gasteiger partial charge on any atom is -0.389 e. The topological polar surface area (TPSA) is 156 Å². The molecule has 1 unspecified atom stereocenters. The summed E-state index contributed by atoms with van der Waals surface area (Å²) < 4.78 is 33.3. The zero-order chi connectivity index (χ0) is 32.8. The van der Waals surface area contributed by atoms with E-state index in [0.717, 1.165) is 11.4 Å². The van der Waals surface area contributed by atoms with E-state index in [4.69, 9.17) is 10.5 Å². The summed E-state index contributed by atoms with van der Waals surface area (Å²) in [5.41, 5.74) is 4.31. The van der Waals surface area contributed by atoms with Crippen LogP contribution in [0.4, 0.5) is 8.78 Å². The van der Waals surface area contributed by atoms with Gasteiger partial charge in [0.2, 0.25) is 0 Å². The zero-order valence-electron chi connectivity index (χ0n) is 24.7. The molecule has 0 spiro atoms. The van der Waals surface area contributed by atoms with E-state index in [9.17, 15) is 18.7 Å². The molecule has 0 aliphatic rings. The van der Waals surface area contributed by atoms with Crippen molar-refractivity contribution in [1.29, 1.82) is 10.5 Å². The van der Waals surface area contributed by atoms with E-state index in [2.05, 4.69) is 20.4 Å². The van der Waals surface area contributed by atoms with Crippen LogP contribution in [-0.4, -0.2) is 50.0 Å². The van der Waals surface area contributed by atoms with Crippen molar-refractivity contribution in [2.24, 2.45) is 0 Å². The lowest BCUT2D eigenvalue weighted by Gasteiger charge is -2.14. The average molecular weight is 621 g/mol. The minimum atomic E-state index is -0.826. The molecule has 0 saturated heterocycles. The Kier molecular flexibility index (Phi) is 9.21. The second kappa shape index (κ2) is 13.6. The van der Waals surface area contributed by atoms with E-state index in [1.807, 2.05) is 18.2 Å². The van der Waals surface area contributed by atoms with Crippen LogP contribution in [0.1, 0.15) is 58.4 Å². The number of hydrogen-bond donors (Lipinski definition) is 1. The Balaban J connectivity index is 0.000000181. The van der Waals surface area contributed by atoms with Crippen LogP contribution in [0.25, 0.3) is 11.4 Å². The summed E-state index contributed by atoms with van der Waals surface area (Å²) in [5.74, 6) is -1.13. The molecule has 1 N–H and O–H groups in total. The Bertz CT molecular complexity index is 2090. The molecule has 0 fully saturated rings. The summed E-state index contributed by atoms with van der Waals surface area (Å²) in [6.45, 7) is 3.73. The first-order chi connectivity index (χ1) is 22.2. The number of aliphatic hydroxyl groups is 1. The summed E-state index contributed by atoms with van der Waals surface area (Å²) in [7, 11) is 0. The summed E-state index contributed by atoms with van der Waals surface area (Å²) >= 11 is 0. The van der Waals surface area contributed by atoms with Crippen molar-refractivity contribution in [3.63, 3.8) is 0 Å². The van der Waals surface area contributed by atoms with Crippen molar-refractivity contribution in [3.05, 3.63) is 131 Å². The van der Waals surface area contributed by atoms with Crippen molar-refractivity contribution in [2.45, 2.75) is 33.0 Å². The lowest BCUT2D eigenvalue weighted by atomic mass is 10.1. The van der Waals surface area contributed by atoms with Gasteiger partial charge in [0.05, 0.1) is 65.5 Å². The maximum Gasteiger partial charge on any atom is 0.162 e. The van der Waals surface area contributed by atoms with E-state index < -0.39 is 17.7 Å². The highest BCUT2D eigenvalue weighted by molar-refractivity contribution is 5.97. The monoisotopic (exact) mass is 620 g/mol. The maximum atomic E-state index is 13.5. The Morgan fingerprint density at radius 2 is 1.30 bits per heavy atom. The van der Waals surface area contributed by atoms with E-state index in [1.54, 1.807) is 62.6 Å². The van der Waals surface area contributed by atoms with Crippen LogP contribution < -0.4 is 0 Å². The van der Waals surface area contributed by atoms with Gasteiger partial charge in [-0.15, -0.1) is 0 Å². The molecule has 0 aliphatic carbocycles. The van der Waals surface area contributed by atoms with Crippen LogP contribution in [0.15, 0.2) is 85.7 Å². The van der Waals surface area contributed by atoms with Gasteiger partial charge in [-0.2, -0.15) is 30.9 Å². The molecular weight excluding hydrogens is 594 g/mol. The molecule has 12 nitrogen and oxygen atoms in total. The van der Waals surface area contributed by atoms with Crippen LogP contribution in [0.3, 0.4) is 0 Å². The molecule has 0 saturated carbocycles. The van der Waals surface area contributed by atoms with E-state index in [1.165, 1.54) is 49.6 Å². The van der Waals surface area contributed by atoms with Gasteiger partial charge in [-0.25, -0.2) is 18.1 Å². The molecule has 14 heteroatoms. The third-order valence-electron chi connectivity index (χ3n) is 6.85. The number of nitriles is 2. The van der Waals surface area contributed by atoms with Crippen molar-refractivity contribution < 1.29 is 18.7 Å². The summed E-state index contributed by atoms with van der Waals surface area (Å²) in [4.78, 5) is 11.8. The Morgan fingerprint density at radius 1 is 0.804 bits per heavy atom. The fourth-order valence-corrected chi connectivity index (χ4v) is 4.71. The number of aliphatic hydroxyl groups excluding tert-OH is 1. The third kappa shape index (κ3) is 6.93. The first-order valence-corrected chi connectivity index (χ1v) is 13.9. The molecule has 230 valence electrons. The SMILES string of the molecule is CC(=O)c1cc(F)ccc1-n1nccc1Cn1cc(C#N)cn1.CC(O)c1cc(F)ccc1-n1nccc1Cn1cc(C#N)cn1. The highest BCUT2D eigenvalue weighted by atomic mass is 19.1. The zero-order valence-corrected chi connectivity index (χ0v) is 24.7. The second-order valence-corrected chi connectivity index (χ2v) is 10.1. The number of Topliss-reactive ketones (excluding diaryl/α,β-unsaturated/α-hetero) is 1. The maximum absolute atomic E-state index is 13.5. The van der Waals surface area contributed by atoms with Gasteiger partial charge >= 0.3 is 0 Å². The quantitative estimate of drug-likeness (QED) is 0.244. The van der Waals surface area contributed by atoms with Gasteiger partial charge in [0.15, 0.2) is 5.78 Å². The van der Waals surface area contributed by atoms with Gasteiger partial charge in [0, 0.05) is 35.9 Å². The first kappa shape index (κ1) is 31.2. The van der Waals surface area contributed by atoms with Crippen LogP contribution in [0, 0.1) is 34.3 Å². The Labute approximate surface area is 261 Å². The molecule has 6 rings (SSSR count). The highest BCUT2D eigenvalue weighted by Gasteiger charge is 2.16.